The van der Waals surface area contributed by atoms with Gasteiger partial charge in [0.05, 0.1) is 24.9 Å². The number of nitrogens with one attached hydrogen (secondary N) is 1. The van der Waals surface area contributed by atoms with E-state index in [4.69, 9.17) is 4.74 Å². The maximum Gasteiger partial charge on any atom is 0.271 e. The summed E-state index contributed by atoms with van der Waals surface area (Å²) in [7, 11) is 1.42. The molecular weight excluding hydrogens is 322 g/mol. The number of phenolic OH excluding ortho intramolecular Hbond substituents is 1. The average Bonchev–Trinajstić information content (AvgIpc) is 3.03. The molecular formula is C17H17N5O3. The minimum atomic E-state index is -0.402. The molecule has 3 aromatic rings. The fourth-order valence-corrected chi connectivity index (χ4v) is 2.32. The first-order valence-electron chi connectivity index (χ1n) is 7.57. The molecule has 0 saturated heterocycles. The van der Waals surface area contributed by atoms with E-state index in [9.17, 15) is 9.90 Å². The molecule has 0 radical (unpaired) electrons. The number of nitrogens with zero attached hydrogens (tertiary/aromatic N) is 4. The Balaban J connectivity index is 1.69. The zero-order valence-electron chi connectivity index (χ0n) is 13.8. The van der Waals surface area contributed by atoms with Gasteiger partial charge in [0, 0.05) is 5.56 Å². The number of rotatable bonds is 5. The van der Waals surface area contributed by atoms with Crippen LogP contribution in [0.25, 0.3) is 11.0 Å². The molecule has 0 aliphatic rings. The summed E-state index contributed by atoms with van der Waals surface area (Å²) in [5.74, 6) is -0.208. The van der Waals surface area contributed by atoms with E-state index in [1.54, 1.807) is 11.6 Å². The number of para-hydroxylation sites is 1. The smallest absolute Gasteiger partial charge is 0.271 e. The second-order valence-electron chi connectivity index (χ2n) is 5.41. The van der Waals surface area contributed by atoms with Gasteiger partial charge in [-0.2, -0.15) is 5.10 Å². The van der Waals surface area contributed by atoms with Gasteiger partial charge in [-0.25, -0.2) is 10.1 Å². The third kappa shape index (κ3) is 3.57. The molecule has 0 unspecified atom stereocenters. The zero-order valence-corrected chi connectivity index (χ0v) is 13.8. The van der Waals surface area contributed by atoms with Gasteiger partial charge >= 0.3 is 0 Å². The lowest BCUT2D eigenvalue weighted by molar-refractivity contribution is 0.0954. The summed E-state index contributed by atoms with van der Waals surface area (Å²) in [6, 6.07) is 11.9. The molecule has 0 aliphatic heterocycles. The fraction of sp³-hybridized carbons (Fsp3) is 0.176. The first-order valence-corrected chi connectivity index (χ1v) is 7.57. The van der Waals surface area contributed by atoms with Crippen molar-refractivity contribution < 1.29 is 14.6 Å². The van der Waals surface area contributed by atoms with Gasteiger partial charge < -0.3 is 9.84 Å². The molecule has 1 amide bonds. The van der Waals surface area contributed by atoms with Crippen LogP contribution in [0.1, 0.15) is 17.3 Å². The van der Waals surface area contributed by atoms with Gasteiger partial charge in [-0.3, -0.25) is 4.79 Å². The molecule has 8 heteroatoms. The van der Waals surface area contributed by atoms with Gasteiger partial charge in [-0.15, -0.1) is 5.10 Å². The second kappa shape index (κ2) is 7.00. The molecule has 1 aromatic heterocycles. The molecule has 0 aliphatic carbocycles. The molecule has 2 N–H and O–H groups in total. The van der Waals surface area contributed by atoms with Crippen molar-refractivity contribution >= 4 is 22.7 Å². The first-order chi connectivity index (χ1) is 12.1. The molecule has 128 valence electrons. The molecule has 3 rings (SSSR count). The highest BCUT2D eigenvalue weighted by molar-refractivity contribution is 5.96. The van der Waals surface area contributed by atoms with Gasteiger partial charge in [0.2, 0.25) is 0 Å². The normalized spacial score (nSPS) is 11.5. The lowest BCUT2D eigenvalue weighted by Gasteiger charge is -2.06. The number of aromatic hydroxyl groups is 1. The Labute approximate surface area is 143 Å². The number of hydrazone groups is 1. The van der Waals surface area contributed by atoms with E-state index < -0.39 is 5.91 Å². The van der Waals surface area contributed by atoms with E-state index >= 15 is 0 Å². The molecule has 2 aromatic carbocycles. The van der Waals surface area contributed by atoms with E-state index in [1.807, 2.05) is 24.3 Å². The molecule has 0 atom stereocenters. The summed E-state index contributed by atoms with van der Waals surface area (Å²) in [5, 5.41) is 21.8. The number of hydrogen-bond acceptors (Lipinski definition) is 6. The highest BCUT2D eigenvalue weighted by atomic mass is 16.5. The SMILES string of the molecule is COc1cc(C(=O)NN=C(C)Cn2nnc3ccccc32)ccc1O. The molecule has 0 bridgehead atoms. The van der Waals surface area contributed by atoms with Gasteiger partial charge in [-0.05, 0) is 37.3 Å². The van der Waals surface area contributed by atoms with Crippen LogP contribution in [0.3, 0.4) is 0 Å². The van der Waals surface area contributed by atoms with Crippen LogP contribution >= 0.6 is 0 Å². The molecule has 8 nitrogen and oxygen atoms in total. The number of benzene rings is 2. The number of fused-ring (bicyclic) bond motifs is 1. The van der Waals surface area contributed by atoms with Crippen molar-refractivity contribution in [3.8, 4) is 11.5 Å². The fourth-order valence-electron chi connectivity index (χ4n) is 2.32. The van der Waals surface area contributed by atoms with Crippen LogP contribution in [0.15, 0.2) is 47.6 Å². The van der Waals surface area contributed by atoms with E-state index in [0.29, 0.717) is 17.8 Å². The number of amides is 1. The summed E-state index contributed by atoms with van der Waals surface area (Å²) in [4.78, 5) is 12.2. The van der Waals surface area contributed by atoms with Crippen LogP contribution in [0.5, 0.6) is 11.5 Å². The van der Waals surface area contributed by atoms with Crippen molar-refractivity contribution in [1.82, 2.24) is 20.4 Å². The predicted molar refractivity (Wildman–Crippen MR) is 92.8 cm³/mol. The predicted octanol–water partition coefficient (Wildman–Crippen LogP) is 1.95. The zero-order chi connectivity index (χ0) is 17.8. The van der Waals surface area contributed by atoms with Crippen molar-refractivity contribution in [3.05, 3.63) is 48.0 Å². The second-order valence-corrected chi connectivity index (χ2v) is 5.41. The van der Waals surface area contributed by atoms with Crippen LogP contribution in [-0.4, -0.2) is 38.8 Å². The summed E-state index contributed by atoms with van der Waals surface area (Å²) >= 11 is 0. The summed E-state index contributed by atoms with van der Waals surface area (Å²) in [6.45, 7) is 2.19. The maximum atomic E-state index is 12.2. The number of methoxy groups -OCH3 is 1. The van der Waals surface area contributed by atoms with E-state index in [2.05, 4.69) is 20.8 Å². The third-order valence-corrected chi connectivity index (χ3v) is 3.59. The van der Waals surface area contributed by atoms with Crippen molar-refractivity contribution in [2.75, 3.05) is 7.11 Å². The summed E-state index contributed by atoms with van der Waals surface area (Å²) in [6.07, 6.45) is 0. The van der Waals surface area contributed by atoms with Gasteiger partial charge in [0.1, 0.15) is 5.52 Å². The molecule has 0 spiro atoms. The summed E-state index contributed by atoms with van der Waals surface area (Å²) < 4.78 is 6.70. The van der Waals surface area contributed by atoms with E-state index in [1.165, 1.54) is 25.3 Å². The number of aromatic nitrogens is 3. The molecule has 0 saturated carbocycles. The lowest BCUT2D eigenvalue weighted by atomic mass is 10.2. The monoisotopic (exact) mass is 339 g/mol. The maximum absolute atomic E-state index is 12.2. The Kier molecular flexibility index (Phi) is 4.60. The molecule has 25 heavy (non-hydrogen) atoms. The van der Waals surface area contributed by atoms with Gasteiger partial charge in [0.25, 0.3) is 5.91 Å². The minimum absolute atomic E-state index is 0.0307. The van der Waals surface area contributed by atoms with Gasteiger partial charge in [0.15, 0.2) is 11.5 Å². The number of ether oxygens (including phenoxy) is 1. The Morgan fingerprint density at radius 2 is 2.12 bits per heavy atom. The van der Waals surface area contributed by atoms with E-state index in [-0.39, 0.29) is 11.5 Å². The van der Waals surface area contributed by atoms with E-state index in [0.717, 1.165) is 11.0 Å². The number of carbonyl (C=O) groups is 1. The topological polar surface area (TPSA) is 102 Å². The lowest BCUT2D eigenvalue weighted by Crippen LogP contribution is -2.20. The largest absolute Gasteiger partial charge is 0.504 e. The quantitative estimate of drug-likeness (QED) is 0.546. The van der Waals surface area contributed by atoms with Crippen molar-refractivity contribution in [2.24, 2.45) is 5.10 Å². The Morgan fingerprint density at radius 1 is 1.32 bits per heavy atom. The Morgan fingerprint density at radius 3 is 2.92 bits per heavy atom. The Hall–Kier alpha value is -3.42. The van der Waals surface area contributed by atoms with Crippen molar-refractivity contribution in [2.45, 2.75) is 13.5 Å². The summed E-state index contributed by atoms with van der Waals surface area (Å²) in [5.41, 5.74) is 5.17. The first kappa shape index (κ1) is 16.4. The minimum Gasteiger partial charge on any atom is -0.504 e. The van der Waals surface area contributed by atoms with Crippen LogP contribution < -0.4 is 10.2 Å². The third-order valence-electron chi connectivity index (χ3n) is 3.59. The van der Waals surface area contributed by atoms with Crippen LogP contribution in [0.4, 0.5) is 0 Å². The van der Waals surface area contributed by atoms with Crippen LogP contribution in [-0.2, 0) is 6.54 Å². The van der Waals surface area contributed by atoms with Crippen LogP contribution in [0.2, 0.25) is 0 Å². The van der Waals surface area contributed by atoms with Crippen molar-refractivity contribution in [3.63, 3.8) is 0 Å². The standard InChI is InChI=1S/C17H17N5O3/c1-11(10-22-14-6-4-3-5-13(14)19-21-22)18-20-17(24)12-7-8-15(23)16(9-12)25-2/h3-9,23H,10H2,1-2H3,(H,20,24). The van der Waals surface area contributed by atoms with Gasteiger partial charge in [-0.1, -0.05) is 17.3 Å². The van der Waals surface area contributed by atoms with Crippen molar-refractivity contribution in [1.29, 1.82) is 0 Å². The average molecular weight is 339 g/mol. The highest BCUT2D eigenvalue weighted by Crippen LogP contribution is 2.26. The Bertz CT molecular complexity index is 948. The number of phenols is 1. The number of carbonyl (C=O) groups excluding carboxylic acids is 1. The molecule has 1 heterocycles. The van der Waals surface area contributed by atoms with Crippen LogP contribution in [0, 0.1) is 0 Å². The number of hydrogen-bond donors (Lipinski definition) is 2. The highest BCUT2D eigenvalue weighted by Gasteiger charge is 2.10. The molecule has 0 fully saturated rings.